The lowest BCUT2D eigenvalue weighted by Gasteiger charge is -2.23. The van der Waals surface area contributed by atoms with E-state index >= 15 is 0 Å². The summed E-state index contributed by atoms with van der Waals surface area (Å²) < 4.78 is 33.6. The van der Waals surface area contributed by atoms with Crippen LogP contribution in [0.2, 0.25) is 0 Å². The number of nitrogens with zero attached hydrogens (tertiary/aromatic N) is 1. The van der Waals surface area contributed by atoms with E-state index in [-0.39, 0.29) is 6.16 Å². The lowest BCUT2D eigenvalue weighted by molar-refractivity contribution is -0.150. The van der Waals surface area contributed by atoms with Gasteiger partial charge >= 0.3 is 19.5 Å². The van der Waals surface area contributed by atoms with Gasteiger partial charge in [0, 0.05) is 17.7 Å². The standard InChI is InChI=1S/C30H37N2O7P/c1-21-12-14-24(15-13-21)27-17-16-26(32-28(27)25-10-7-6-8-11-25)20-31-18-9-19-40(35,38-22(2)29(33)36-4)39-23(3)30(34)37-5/h6-8,10-17,22-23,31H,9,18-20H2,1-5H3. The Morgan fingerprint density at radius 1 is 0.850 bits per heavy atom. The lowest BCUT2D eigenvalue weighted by Crippen LogP contribution is -2.26. The highest BCUT2D eigenvalue weighted by atomic mass is 31.2. The first-order valence-electron chi connectivity index (χ1n) is 13.1. The van der Waals surface area contributed by atoms with E-state index in [0.29, 0.717) is 19.5 Å². The second-order valence-corrected chi connectivity index (χ2v) is 11.4. The molecule has 1 aromatic heterocycles. The maximum atomic E-state index is 13.4. The molecule has 1 heterocycles. The minimum absolute atomic E-state index is 0.0161. The summed E-state index contributed by atoms with van der Waals surface area (Å²) in [5, 5.41) is 3.32. The topological polar surface area (TPSA) is 113 Å². The van der Waals surface area contributed by atoms with Crippen LogP contribution in [0.25, 0.3) is 22.4 Å². The van der Waals surface area contributed by atoms with Crippen molar-refractivity contribution in [3.05, 3.63) is 78.0 Å². The predicted molar refractivity (Wildman–Crippen MR) is 154 cm³/mol. The van der Waals surface area contributed by atoms with Gasteiger partial charge in [-0.2, -0.15) is 0 Å². The minimum Gasteiger partial charge on any atom is -0.467 e. The molecule has 40 heavy (non-hydrogen) atoms. The van der Waals surface area contributed by atoms with Crippen LogP contribution in [0.3, 0.4) is 0 Å². The highest BCUT2D eigenvalue weighted by Gasteiger charge is 2.34. The number of benzene rings is 2. The third kappa shape index (κ3) is 8.83. The van der Waals surface area contributed by atoms with Gasteiger partial charge in [0.15, 0.2) is 12.2 Å². The van der Waals surface area contributed by atoms with Crippen molar-refractivity contribution >= 4 is 19.5 Å². The number of methoxy groups -OCH3 is 2. The van der Waals surface area contributed by atoms with Gasteiger partial charge in [0.2, 0.25) is 0 Å². The smallest absolute Gasteiger partial charge is 0.335 e. The fourth-order valence-electron chi connectivity index (χ4n) is 4.02. The summed E-state index contributed by atoms with van der Waals surface area (Å²) in [5.74, 6) is -1.39. The predicted octanol–water partition coefficient (Wildman–Crippen LogP) is 5.55. The molecule has 0 bridgehead atoms. The molecule has 0 radical (unpaired) electrons. The van der Waals surface area contributed by atoms with Crippen molar-refractivity contribution < 1.29 is 32.7 Å². The summed E-state index contributed by atoms with van der Waals surface area (Å²) in [4.78, 5) is 28.6. The maximum absolute atomic E-state index is 13.4. The number of carbonyl (C=O) groups is 2. The van der Waals surface area contributed by atoms with Crippen LogP contribution < -0.4 is 5.32 Å². The number of ether oxygens (including phenoxy) is 2. The van der Waals surface area contributed by atoms with Crippen molar-refractivity contribution in [1.82, 2.24) is 10.3 Å². The fraction of sp³-hybridized carbons (Fsp3) is 0.367. The minimum atomic E-state index is -3.83. The molecule has 2 atom stereocenters. The van der Waals surface area contributed by atoms with Crippen LogP contribution in [-0.2, 0) is 39.2 Å². The van der Waals surface area contributed by atoms with Gasteiger partial charge in [-0.3, -0.25) is 18.6 Å². The molecule has 3 rings (SSSR count). The zero-order valence-corrected chi connectivity index (χ0v) is 24.5. The average molecular weight is 569 g/mol. The number of rotatable bonds is 14. The molecule has 1 N–H and O–H groups in total. The summed E-state index contributed by atoms with van der Waals surface area (Å²) in [6.45, 7) is 5.85. The molecule has 2 unspecified atom stereocenters. The van der Waals surface area contributed by atoms with Crippen molar-refractivity contribution in [2.45, 2.75) is 45.9 Å². The second kappa shape index (κ2) is 14.9. The third-order valence-corrected chi connectivity index (χ3v) is 8.30. The van der Waals surface area contributed by atoms with E-state index in [1.165, 1.54) is 33.6 Å². The Balaban J connectivity index is 1.67. The number of aryl methyl sites for hydroxylation is 1. The number of hydrogen-bond donors (Lipinski definition) is 1. The van der Waals surface area contributed by atoms with Gasteiger partial charge in [0.05, 0.1) is 31.8 Å². The van der Waals surface area contributed by atoms with Crippen LogP contribution >= 0.6 is 7.60 Å². The summed E-state index contributed by atoms with van der Waals surface area (Å²) in [7, 11) is -1.41. The molecule has 9 nitrogen and oxygen atoms in total. The van der Waals surface area contributed by atoms with Crippen LogP contribution in [0.4, 0.5) is 0 Å². The zero-order valence-electron chi connectivity index (χ0n) is 23.6. The number of pyridine rings is 1. The van der Waals surface area contributed by atoms with E-state index in [1.54, 1.807) is 0 Å². The normalized spacial score (nSPS) is 14.1. The SMILES string of the molecule is COC(=O)C(C)OP(=O)(CCCNCc1ccc(-c2ccc(C)cc2)c(-c2ccccc2)n1)OC(C)C(=O)OC. The molecule has 0 fully saturated rings. The zero-order chi connectivity index (χ0) is 29.1. The third-order valence-electron chi connectivity index (χ3n) is 6.16. The molecule has 0 aliphatic heterocycles. The first kappa shape index (κ1) is 31.2. The molecule has 0 aliphatic carbocycles. The molecule has 0 aliphatic rings. The second-order valence-electron chi connectivity index (χ2n) is 9.34. The van der Waals surface area contributed by atoms with Gasteiger partial charge in [-0.15, -0.1) is 0 Å². The van der Waals surface area contributed by atoms with E-state index in [9.17, 15) is 14.2 Å². The van der Waals surface area contributed by atoms with E-state index in [2.05, 4.69) is 52.0 Å². The Morgan fingerprint density at radius 2 is 1.45 bits per heavy atom. The van der Waals surface area contributed by atoms with Crippen LogP contribution in [-0.4, -0.2) is 56.1 Å². The molecule has 0 saturated carbocycles. The first-order chi connectivity index (χ1) is 19.2. The van der Waals surface area contributed by atoms with Crippen LogP contribution in [0.15, 0.2) is 66.7 Å². The molecule has 0 saturated heterocycles. The number of esters is 2. The monoisotopic (exact) mass is 568 g/mol. The number of hydrogen-bond acceptors (Lipinski definition) is 9. The quantitative estimate of drug-likeness (QED) is 0.152. The Hall–Kier alpha value is -3.36. The molecule has 214 valence electrons. The number of carbonyl (C=O) groups excluding carboxylic acids is 2. The molecule has 0 amide bonds. The molecule has 10 heteroatoms. The average Bonchev–Trinajstić information content (AvgIpc) is 2.96. The van der Waals surface area contributed by atoms with Crippen LogP contribution in [0.1, 0.15) is 31.5 Å². The number of nitrogens with one attached hydrogen (secondary N) is 1. The van der Waals surface area contributed by atoms with Gasteiger partial charge in [0.1, 0.15) is 0 Å². The van der Waals surface area contributed by atoms with Crippen molar-refractivity contribution in [2.24, 2.45) is 0 Å². The van der Waals surface area contributed by atoms with Gasteiger partial charge in [-0.1, -0.05) is 66.2 Å². The highest BCUT2D eigenvalue weighted by Crippen LogP contribution is 2.51. The summed E-state index contributed by atoms with van der Waals surface area (Å²) >= 11 is 0. The Bertz CT molecular complexity index is 1290. The fourth-order valence-corrected chi connectivity index (χ4v) is 5.97. The summed E-state index contributed by atoms with van der Waals surface area (Å²) in [6.07, 6.45) is -1.87. The molecular formula is C30H37N2O7P. The number of aromatic nitrogens is 1. The summed E-state index contributed by atoms with van der Waals surface area (Å²) in [6, 6.07) is 22.5. The van der Waals surface area contributed by atoms with E-state index < -0.39 is 31.7 Å². The summed E-state index contributed by atoms with van der Waals surface area (Å²) in [5.41, 5.74) is 6.10. The van der Waals surface area contributed by atoms with Gasteiger partial charge in [0.25, 0.3) is 0 Å². The van der Waals surface area contributed by atoms with Gasteiger partial charge < -0.3 is 14.8 Å². The Kier molecular flexibility index (Phi) is 11.6. The van der Waals surface area contributed by atoms with E-state index in [4.69, 9.17) is 14.0 Å². The maximum Gasteiger partial charge on any atom is 0.335 e. The molecule has 0 spiro atoms. The van der Waals surface area contributed by atoms with Crippen molar-refractivity contribution in [2.75, 3.05) is 26.9 Å². The van der Waals surface area contributed by atoms with E-state index in [0.717, 1.165) is 28.1 Å². The van der Waals surface area contributed by atoms with Crippen LogP contribution in [0, 0.1) is 6.92 Å². The first-order valence-corrected chi connectivity index (χ1v) is 14.8. The highest BCUT2D eigenvalue weighted by molar-refractivity contribution is 7.53. The molecular weight excluding hydrogens is 531 g/mol. The molecule has 2 aromatic carbocycles. The van der Waals surface area contributed by atoms with Gasteiger partial charge in [-0.25, -0.2) is 9.59 Å². The van der Waals surface area contributed by atoms with Crippen LogP contribution in [0.5, 0.6) is 0 Å². The van der Waals surface area contributed by atoms with Crippen molar-refractivity contribution in [1.29, 1.82) is 0 Å². The molecule has 3 aromatic rings. The Labute approximate surface area is 235 Å². The van der Waals surface area contributed by atoms with Gasteiger partial charge in [-0.05, 0) is 45.4 Å². The lowest BCUT2D eigenvalue weighted by atomic mass is 9.98. The van der Waals surface area contributed by atoms with E-state index in [1.807, 2.05) is 36.4 Å². The van der Waals surface area contributed by atoms with Crippen molar-refractivity contribution in [3.63, 3.8) is 0 Å². The largest absolute Gasteiger partial charge is 0.467 e. The van der Waals surface area contributed by atoms with Crippen molar-refractivity contribution in [3.8, 4) is 22.4 Å². The Morgan fingerprint density at radius 3 is 2.02 bits per heavy atom.